The first-order valence-electron chi connectivity index (χ1n) is 7.36. The molecule has 1 aliphatic rings. The summed E-state index contributed by atoms with van der Waals surface area (Å²) in [6.07, 6.45) is 0.527. The minimum atomic E-state index is 0.118. The number of para-hydroxylation sites is 1. The third kappa shape index (κ3) is 3.79. The second-order valence-electron chi connectivity index (χ2n) is 5.15. The van der Waals surface area contributed by atoms with E-state index in [9.17, 15) is 4.79 Å². The van der Waals surface area contributed by atoms with Gasteiger partial charge in [-0.3, -0.25) is 14.8 Å². The summed E-state index contributed by atoms with van der Waals surface area (Å²) in [7, 11) is 0. The number of anilines is 1. The molecule has 1 amide bonds. The number of benzene rings is 2. The fraction of sp³-hybridized carbons (Fsp3) is 0.235. The molecule has 1 fully saturated rings. The van der Waals surface area contributed by atoms with Crippen LogP contribution in [0, 0.1) is 0 Å². The second kappa shape index (κ2) is 7.23. The van der Waals surface area contributed by atoms with Gasteiger partial charge in [0.1, 0.15) is 12.4 Å². The molecule has 6 heteroatoms. The van der Waals surface area contributed by atoms with E-state index in [0.29, 0.717) is 36.9 Å². The SMILES string of the molecule is O=C1CCN(c2ccccc2)N1CCOc1ccc(Cl)cc1Br. The Balaban J connectivity index is 1.63. The summed E-state index contributed by atoms with van der Waals surface area (Å²) < 4.78 is 6.56. The Morgan fingerprint density at radius 2 is 1.96 bits per heavy atom. The lowest BCUT2D eigenvalue weighted by molar-refractivity contribution is -0.128. The molecule has 120 valence electrons. The molecule has 0 spiro atoms. The Kier molecular flexibility index (Phi) is 5.08. The molecular formula is C17H16BrClN2O2. The number of nitrogens with zero attached hydrogens (tertiary/aromatic N) is 2. The summed E-state index contributed by atoms with van der Waals surface area (Å²) in [6, 6.07) is 15.3. The zero-order valence-electron chi connectivity index (χ0n) is 12.4. The average Bonchev–Trinajstić information content (AvgIpc) is 2.91. The van der Waals surface area contributed by atoms with Gasteiger partial charge >= 0.3 is 0 Å². The van der Waals surface area contributed by atoms with Gasteiger partial charge in [0.05, 0.1) is 16.7 Å². The van der Waals surface area contributed by atoms with Crippen molar-refractivity contribution in [2.45, 2.75) is 6.42 Å². The quantitative estimate of drug-likeness (QED) is 0.763. The monoisotopic (exact) mass is 394 g/mol. The van der Waals surface area contributed by atoms with E-state index in [1.807, 2.05) is 41.4 Å². The normalized spacial score (nSPS) is 14.4. The zero-order chi connectivity index (χ0) is 16.2. The highest BCUT2D eigenvalue weighted by Crippen LogP contribution is 2.28. The van der Waals surface area contributed by atoms with E-state index in [0.717, 1.165) is 10.2 Å². The number of rotatable bonds is 5. The summed E-state index contributed by atoms with van der Waals surface area (Å²) >= 11 is 9.34. The lowest BCUT2D eigenvalue weighted by Crippen LogP contribution is -2.41. The van der Waals surface area contributed by atoms with Gasteiger partial charge in [0.25, 0.3) is 0 Å². The molecule has 0 aliphatic carbocycles. The first kappa shape index (κ1) is 16.1. The topological polar surface area (TPSA) is 32.8 Å². The van der Waals surface area contributed by atoms with Crippen LogP contribution >= 0.6 is 27.5 Å². The van der Waals surface area contributed by atoms with E-state index in [1.165, 1.54) is 0 Å². The molecule has 0 saturated carbocycles. The van der Waals surface area contributed by atoms with Crippen molar-refractivity contribution in [1.82, 2.24) is 5.01 Å². The highest BCUT2D eigenvalue weighted by molar-refractivity contribution is 9.10. The van der Waals surface area contributed by atoms with Crippen LogP contribution in [0.2, 0.25) is 5.02 Å². The minimum Gasteiger partial charge on any atom is -0.490 e. The van der Waals surface area contributed by atoms with E-state index in [4.69, 9.17) is 16.3 Å². The van der Waals surface area contributed by atoms with Crippen LogP contribution in [0.5, 0.6) is 5.75 Å². The van der Waals surface area contributed by atoms with Gasteiger partial charge in [-0.1, -0.05) is 29.8 Å². The number of halogens is 2. The summed E-state index contributed by atoms with van der Waals surface area (Å²) in [5.41, 5.74) is 1.02. The van der Waals surface area contributed by atoms with Crippen molar-refractivity contribution in [1.29, 1.82) is 0 Å². The van der Waals surface area contributed by atoms with Crippen LogP contribution in [0.15, 0.2) is 53.0 Å². The Labute approximate surface area is 148 Å². The first-order valence-corrected chi connectivity index (χ1v) is 8.53. The van der Waals surface area contributed by atoms with Gasteiger partial charge in [0.15, 0.2) is 0 Å². The van der Waals surface area contributed by atoms with Crippen LogP contribution in [0.3, 0.4) is 0 Å². The zero-order valence-corrected chi connectivity index (χ0v) is 14.8. The van der Waals surface area contributed by atoms with Gasteiger partial charge in [0.2, 0.25) is 5.91 Å². The van der Waals surface area contributed by atoms with E-state index in [-0.39, 0.29) is 5.91 Å². The van der Waals surface area contributed by atoms with Crippen LogP contribution in [0.4, 0.5) is 5.69 Å². The van der Waals surface area contributed by atoms with Gasteiger partial charge in [-0.15, -0.1) is 0 Å². The fourth-order valence-electron chi connectivity index (χ4n) is 2.53. The molecule has 0 atom stereocenters. The lowest BCUT2D eigenvalue weighted by Gasteiger charge is -2.29. The molecule has 1 heterocycles. The Morgan fingerprint density at radius 3 is 2.70 bits per heavy atom. The van der Waals surface area contributed by atoms with Gasteiger partial charge in [0, 0.05) is 18.0 Å². The second-order valence-corrected chi connectivity index (χ2v) is 6.44. The number of amides is 1. The van der Waals surface area contributed by atoms with Crippen LogP contribution in [0.25, 0.3) is 0 Å². The van der Waals surface area contributed by atoms with E-state index in [2.05, 4.69) is 15.9 Å². The molecule has 0 aromatic heterocycles. The number of hydrazine groups is 1. The minimum absolute atomic E-state index is 0.118. The van der Waals surface area contributed by atoms with Crippen molar-refractivity contribution in [3.05, 3.63) is 58.0 Å². The number of hydrogen-bond donors (Lipinski definition) is 0. The van der Waals surface area contributed by atoms with Crippen molar-refractivity contribution in [2.24, 2.45) is 0 Å². The van der Waals surface area contributed by atoms with Crippen molar-refractivity contribution < 1.29 is 9.53 Å². The van der Waals surface area contributed by atoms with Crippen LogP contribution in [-0.4, -0.2) is 30.6 Å². The lowest BCUT2D eigenvalue weighted by atomic mass is 10.3. The molecule has 2 aromatic carbocycles. The Morgan fingerprint density at radius 1 is 1.17 bits per heavy atom. The number of ether oxygens (including phenoxy) is 1. The maximum absolute atomic E-state index is 12.1. The predicted molar refractivity (Wildman–Crippen MR) is 94.8 cm³/mol. The standard InChI is InChI=1S/C17H16BrClN2O2/c18-15-12-13(19)6-7-16(15)23-11-10-21-17(22)8-9-20(21)14-4-2-1-3-5-14/h1-7,12H,8-11H2. The third-order valence-corrected chi connectivity index (χ3v) is 4.48. The fourth-order valence-corrected chi connectivity index (χ4v) is 3.33. The first-order chi connectivity index (χ1) is 11.1. The van der Waals surface area contributed by atoms with E-state index in [1.54, 1.807) is 17.1 Å². The average molecular weight is 396 g/mol. The molecule has 0 unspecified atom stereocenters. The van der Waals surface area contributed by atoms with Crippen LogP contribution in [-0.2, 0) is 4.79 Å². The molecule has 4 nitrogen and oxygen atoms in total. The smallest absolute Gasteiger partial charge is 0.243 e. The molecule has 23 heavy (non-hydrogen) atoms. The van der Waals surface area contributed by atoms with Crippen molar-refractivity contribution >= 4 is 39.1 Å². The summed E-state index contributed by atoms with van der Waals surface area (Å²) in [5, 5.41) is 4.40. The van der Waals surface area contributed by atoms with Crippen LogP contribution in [0.1, 0.15) is 6.42 Å². The number of carbonyl (C=O) groups is 1. The largest absolute Gasteiger partial charge is 0.490 e. The van der Waals surface area contributed by atoms with E-state index >= 15 is 0 Å². The van der Waals surface area contributed by atoms with Gasteiger partial charge < -0.3 is 4.74 Å². The summed E-state index contributed by atoms with van der Waals surface area (Å²) in [6.45, 7) is 1.62. The number of carbonyl (C=O) groups excluding carboxylic acids is 1. The van der Waals surface area contributed by atoms with Crippen LogP contribution < -0.4 is 9.75 Å². The Hall–Kier alpha value is -1.72. The maximum Gasteiger partial charge on any atom is 0.243 e. The summed E-state index contributed by atoms with van der Waals surface area (Å²) in [4.78, 5) is 12.1. The molecule has 1 saturated heterocycles. The third-order valence-electron chi connectivity index (χ3n) is 3.63. The van der Waals surface area contributed by atoms with Gasteiger partial charge in [-0.2, -0.15) is 0 Å². The molecule has 2 aromatic rings. The maximum atomic E-state index is 12.1. The summed E-state index contributed by atoms with van der Waals surface area (Å²) in [5.74, 6) is 0.833. The molecular weight excluding hydrogens is 380 g/mol. The molecule has 0 bridgehead atoms. The highest BCUT2D eigenvalue weighted by Gasteiger charge is 2.28. The molecule has 0 radical (unpaired) electrons. The van der Waals surface area contributed by atoms with Gasteiger partial charge in [-0.05, 0) is 46.3 Å². The van der Waals surface area contributed by atoms with Crippen molar-refractivity contribution in [2.75, 3.05) is 24.7 Å². The molecule has 0 N–H and O–H groups in total. The van der Waals surface area contributed by atoms with Crippen molar-refractivity contribution in [3.63, 3.8) is 0 Å². The highest BCUT2D eigenvalue weighted by atomic mass is 79.9. The Bertz CT molecular complexity index is 696. The van der Waals surface area contributed by atoms with Gasteiger partial charge in [-0.25, -0.2) is 0 Å². The molecule has 1 aliphatic heterocycles. The number of hydrogen-bond acceptors (Lipinski definition) is 3. The molecule has 3 rings (SSSR count). The predicted octanol–water partition coefficient (Wildman–Crippen LogP) is 4.14. The van der Waals surface area contributed by atoms with E-state index < -0.39 is 0 Å². The van der Waals surface area contributed by atoms with Crippen molar-refractivity contribution in [3.8, 4) is 5.75 Å².